The average Bonchev–Trinajstić information content (AvgIpc) is 3.52. The van der Waals surface area contributed by atoms with Gasteiger partial charge in [0.05, 0.1) is 6.04 Å². The molecule has 0 spiro atoms. The number of carbonyl (C=O) groups is 6. The highest BCUT2D eigenvalue weighted by molar-refractivity contribution is 5.96. The Kier molecular flexibility index (Phi) is 15.4. The number of phenols is 1. The van der Waals surface area contributed by atoms with E-state index < -0.39 is 71.7 Å². The van der Waals surface area contributed by atoms with E-state index in [9.17, 15) is 39.0 Å². The van der Waals surface area contributed by atoms with Gasteiger partial charge in [-0.2, -0.15) is 0 Å². The lowest BCUT2D eigenvalue weighted by Gasteiger charge is -2.30. The third-order valence-electron chi connectivity index (χ3n) is 8.19. The minimum atomic E-state index is -1.21. The van der Waals surface area contributed by atoms with Gasteiger partial charge in [-0.15, -0.1) is 0 Å². The normalized spacial score (nSPS) is 17.7. The monoisotopic (exact) mass is 648 g/mol. The average molecular weight is 649 g/mol. The van der Waals surface area contributed by atoms with Gasteiger partial charge in [0.15, 0.2) is 0 Å². The molecule has 1 aromatic carbocycles. The standard InChI is InChI=1S/C31H48N6O9/c1-3-18(2)26(29(43)34-22(31(45)46)7-4-5-15-32)36-27(41)23(17-19-9-11-20(38)12-10-19)35-28(42)24-8-6-16-37(24)30(44)21(33)13-14-25(39)40/h9-12,18,21-24,26,38H,3-8,13-17,32-33H2,1-2H3,(H,34,43)(H,35,42)(H,36,41)(H,39,40)(H,45,46)/t18-,21-,22-,23-,24-,26-/m0/s1. The second-order valence-electron chi connectivity index (χ2n) is 11.7. The van der Waals surface area contributed by atoms with Gasteiger partial charge in [-0.1, -0.05) is 32.4 Å². The first-order valence-electron chi connectivity index (χ1n) is 15.7. The molecular weight excluding hydrogens is 600 g/mol. The van der Waals surface area contributed by atoms with E-state index in [2.05, 4.69) is 16.0 Å². The van der Waals surface area contributed by atoms with Crippen molar-refractivity contribution in [3.8, 4) is 5.75 Å². The molecule has 10 N–H and O–H groups in total. The molecule has 1 aromatic rings. The number of likely N-dealkylation sites (tertiary alicyclic amines) is 1. The van der Waals surface area contributed by atoms with Crippen LogP contribution in [0.25, 0.3) is 0 Å². The molecule has 2 rings (SSSR count). The van der Waals surface area contributed by atoms with Gasteiger partial charge in [0.1, 0.15) is 29.9 Å². The topological polar surface area (TPSA) is 254 Å². The molecule has 0 radical (unpaired) electrons. The number of nitrogens with zero attached hydrogens (tertiary/aromatic N) is 1. The van der Waals surface area contributed by atoms with Crippen LogP contribution in [0.4, 0.5) is 0 Å². The molecule has 1 saturated heterocycles. The zero-order valence-corrected chi connectivity index (χ0v) is 26.4. The lowest BCUT2D eigenvalue weighted by molar-refractivity contribution is -0.143. The minimum Gasteiger partial charge on any atom is -0.508 e. The first-order chi connectivity index (χ1) is 21.8. The lowest BCUT2D eigenvalue weighted by atomic mass is 9.96. The zero-order chi connectivity index (χ0) is 34.4. The van der Waals surface area contributed by atoms with Crippen molar-refractivity contribution in [1.29, 1.82) is 0 Å². The fourth-order valence-corrected chi connectivity index (χ4v) is 5.23. The number of unbranched alkanes of at least 4 members (excludes halogenated alkanes) is 1. The van der Waals surface area contributed by atoms with Crippen LogP contribution < -0.4 is 27.4 Å². The summed E-state index contributed by atoms with van der Waals surface area (Å²) < 4.78 is 0. The van der Waals surface area contributed by atoms with E-state index in [1.54, 1.807) is 19.1 Å². The van der Waals surface area contributed by atoms with Gasteiger partial charge in [0, 0.05) is 19.4 Å². The predicted octanol–water partition coefficient (Wildman–Crippen LogP) is -0.168. The molecule has 15 nitrogen and oxygen atoms in total. The SMILES string of the molecule is CC[C@H](C)[C@H](NC(=O)[C@H](Cc1ccc(O)cc1)NC(=O)[C@@H]1CCCN1C(=O)[C@@H](N)CCC(=O)O)C(=O)N[C@@H](CCCCN)C(=O)O. The van der Waals surface area contributed by atoms with E-state index in [4.69, 9.17) is 16.6 Å². The van der Waals surface area contributed by atoms with Crippen LogP contribution in [-0.4, -0.2) is 99.1 Å². The molecule has 46 heavy (non-hydrogen) atoms. The Hall–Kier alpha value is -4.24. The van der Waals surface area contributed by atoms with Gasteiger partial charge in [-0.3, -0.25) is 24.0 Å². The van der Waals surface area contributed by atoms with E-state index in [1.807, 2.05) is 6.92 Å². The number of nitrogens with one attached hydrogen (secondary N) is 3. The smallest absolute Gasteiger partial charge is 0.326 e. The van der Waals surface area contributed by atoms with E-state index >= 15 is 0 Å². The molecule has 0 aromatic heterocycles. The highest BCUT2D eigenvalue weighted by Crippen LogP contribution is 2.20. The maximum Gasteiger partial charge on any atom is 0.326 e. The fourth-order valence-electron chi connectivity index (χ4n) is 5.23. The molecule has 15 heteroatoms. The summed E-state index contributed by atoms with van der Waals surface area (Å²) >= 11 is 0. The Morgan fingerprint density at radius 3 is 2.22 bits per heavy atom. The van der Waals surface area contributed by atoms with E-state index in [-0.39, 0.29) is 38.0 Å². The number of hydrogen-bond donors (Lipinski definition) is 8. The number of hydrogen-bond acceptors (Lipinski definition) is 9. The van der Waals surface area contributed by atoms with Crippen LogP contribution in [0.3, 0.4) is 0 Å². The van der Waals surface area contributed by atoms with Crippen LogP contribution in [0, 0.1) is 5.92 Å². The second kappa shape index (κ2) is 18.7. The summed E-state index contributed by atoms with van der Waals surface area (Å²) in [5.74, 6) is -5.28. The quantitative estimate of drug-likeness (QED) is 0.0914. The third kappa shape index (κ3) is 11.6. The summed E-state index contributed by atoms with van der Waals surface area (Å²) in [5, 5.41) is 36.2. The number of benzene rings is 1. The van der Waals surface area contributed by atoms with Crippen LogP contribution in [0.2, 0.25) is 0 Å². The molecule has 0 unspecified atom stereocenters. The Balaban J connectivity index is 2.28. The van der Waals surface area contributed by atoms with E-state index in [1.165, 1.54) is 17.0 Å². The van der Waals surface area contributed by atoms with Crippen LogP contribution in [0.5, 0.6) is 5.75 Å². The molecule has 0 bridgehead atoms. The highest BCUT2D eigenvalue weighted by atomic mass is 16.4. The van der Waals surface area contributed by atoms with Crippen molar-refractivity contribution in [2.24, 2.45) is 17.4 Å². The van der Waals surface area contributed by atoms with Crippen molar-refractivity contribution in [3.05, 3.63) is 29.8 Å². The number of aliphatic carboxylic acids is 2. The molecule has 1 aliphatic rings. The number of carbonyl (C=O) groups excluding carboxylic acids is 4. The first kappa shape index (κ1) is 37.9. The molecule has 1 heterocycles. The van der Waals surface area contributed by atoms with Crippen molar-refractivity contribution < 1.29 is 44.1 Å². The van der Waals surface area contributed by atoms with Gasteiger partial charge >= 0.3 is 11.9 Å². The second-order valence-corrected chi connectivity index (χ2v) is 11.7. The number of rotatable bonds is 19. The summed E-state index contributed by atoms with van der Waals surface area (Å²) in [6.45, 7) is 4.16. The number of phenolic OH excluding ortho intramolecular Hbond substituents is 1. The number of aromatic hydroxyl groups is 1. The van der Waals surface area contributed by atoms with Crippen molar-refractivity contribution in [1.82, 2.24) is 20.9 Å². The van der Waals surface area contributed by atoms with Crippen molar-refractivity contribution in [2.75, 3.05) is 13.1 Å². The van der Waals surface area contributed by atoms with Gasteiger partial charge < -0.3 is 47.6 Å². The summed E-state index contributed by atoms with van der Waals surface area (Å²) in [6.07, 6.45) is 2.07. The Morgan fingerprint density at radius 1 is 0.957 bits per heavy atom. The van der Waals surface area contributed by atoms with Crippen LogP contribution in [0.1, 0.15) is 70.8 Å². The highest BCUT2D eigenvalue weighted by Gasteiger charge is 2.38. The number of amides is 4. The zero-order valence-electron chi connectivity index (χ0n) is 26.4. The third-order valence-corrected chi connectivity index (χ3v) is 8.19. The first-order valence-corrected chi connectivity index (χ1v) is 15.7. The molecular formula is C31H48N6O9. The van der Waals surface area contributed by atoms with Gasteiger partial charge in [0.2, 0.25) is 23.6 Å². The summed E-state index contributed by atoms with van der Waals surface area (Å²) in [7, 11) is 0. The number of nitrogens with two attached hydrogens (primary N) is 2. The van der Waals surface area contributed by atoms with Gasteiger partial charge in [-0.05, 0) is 68.7 Å². The van der Waals surface area contributed by atoms with Gasteiger partial charge in [0.25, 0.3) is 0 Å². The Bertz CT molecular complexity index is 1210. The van der Waals surface area contributed by atoms with Crippen molar-refractivity contribution in [3.63, 3.8) is 0 Å². The predicted molar refractivity (Wildman–Crippen MR) is 167 cm³/mol. The minimum absolute atomic E-state index is 0.00101. The lowest BCUT2D eigenvalue weighted by Crippen LogP contribution is -2.59. The van der Waals surface area contributed by atoms with Crippen LogP contribution in [0.15, 0.2) is 24.3 Å². The molecule has 4 amide bonds. The van der Waals surface area contributed by atoms with Gasteiger partial charge in [-0.25, -0.2) is 4.79 Å². The summed E-state index contributed by atoms with van der Waals surface area (Å²) in [4.78, 5) is 77.7. The number of carboxylic acids is 2. The maximum absolute atomic E-state index is 13.8. The molecule has 0 aliphatic carbocycles. The maximum atomic E-state index is 13.8. The molecule has 1 fully saturated rings. The summed E-state index contributed by atoms with van der Waals surface area (Å²) in [5.41, 5.74) is 12.0. The van der Waals surface area contributed by atoms with E-state index in [0.29, 0.717) is 44.2 Å². The molecule has 6 atom stereocenters. The largest absolute Gasteiger partial charge is 0.508 e. The van der Waals surface area contributed by atoms with Crippen LogP contribution >= 0.6 is 0 Å². The Labute approximate surface area is 268 Å². The number of carboxylic acid groups (broad SMARTS) is 2. The van der Waals surface area contributed by atoms with E-state index in [0.717, 1.165) is 0 Å². The fraction of sp³-hybridized carbons (Fsp3) is 0.613. The van der Waals surface area contributed by atoms with Crippen molar-refractivity contribution >= 4 is 35.6 Å². The summed E-state index contributed by atoms with van der Waals surface area (Å²) in [6, 6.07) is 0.431. The Morgan fingerprint density at radius 2 is 1.63 bits per heavy atom. The molecule has 1 aliphatic heterocycles. The van der Waals surface area contributed by atoms with Crippen molar-refractivity contribution in [2.45, 2.75) is 102 Å². The van der Waals surface area contributed by atoms with Crippen LogP contribution in [-0.2, 0) is 35.2 Å². The molecule has 256 valence electrons. The molecule has 0 saturated carbocycles.